The molecule has 1 rings (SSSR count). The fourth-order valence-electron chi connectivity index (χ4n) is 2.41. The minimum Gasteiger partial charge on any atom is -0.461 e. The van der Waals surface area contributed by atoms with Crippen LogP contribution in [0.2, 0.25) is 0 Å². The Morgan fingerprint density at radius 2 is 1.79 bits per heavy atom. The van der Waals surface area contributed by atoms with Crippen molar-refractivity contribution < 1.29 is 9.53 Å². The molecule has 0 spiro atoms. The van der Waals surface area contributed by atoms with Crippen LogP contribution in [0.25, 0.3) is 0 Å². The highest BCUT2D eigenvalue weighted by Gasteiger charge is 2.21. The zero-order valence-electron chi connectivity index (χ0n) is 12.7. The third kappa shape index (κ3) is 7.19. The normalized spacial score (nSPS) is 17.1. The second kappa shape index (κ2) is 8.95. The number of ether oxygens (including phenoxy) is 1. The Balaban J connectivity index is 2.20. The van der Waals surface area contributed by atoms with E-state index in [4.69, 9.17) is 4.74 Å². The highest BCUT2D eigenvalue weighted by atomic mass is 16.5. The molecular formula is C17H28O2. The summed E-state index contributed by atoms with van der Waals surface area (Å²) in [5.41, 5.74) is 2.66. The smallest absolute Gasteiger partial charge is 0.309 e. The molecule has 1 aliphatic rings. The van der Waals surface area contributed by atoms with Gasteiger partial charge in [-0.05, 0) is 52.5 Å². The average molecular weight is 264 g/mol. The molecule has 0 amide bonds. The van der Waals surface area contributed by atoms with Gasteiger partial charge in [0.05, 0.1) is 5.92 Å². The van der Waals surface area contributed by atoms with Gasteiger partial charge >= 0.3 is 5.97 Å². The largest absolute Gasteiger partial charge is 0.461 e. The topological polar surface area (TPSA) is 26.3 Å². The Hall–Kier alpha value is -1.05. The van der Waals surface area contributed by atoms with E-state index in [0.29, 0.717) is 6.61 Å². The summed E-state index contributed by atoms with van der Waals surface area (Å²) in [6, 6.07) is 0. The van der Waals surface area contributed by atoms with Crippen molar-refractivity contribution in [2.75, 3.05) is 6.61 Å². The Labute approximate surface area is 117 Å². The van der Waals surface area contributed by atoms with Crippen molar-refractivity contribution in [3.63, 3.8) is 0 Å². The Morgan fingerprint density at radius 1 is 1.11 bits per heavy atom. The van der Waals surface area contributed by atoms with E-state index in [2.05, 4.69) is 26.8 Å². The van der Waals surface area contributed by atoms with Gasteiger partial charge in [-0.1, -0.05) is 36.5 Å². The van der Waals surface area contributed by atoms with Crippen LogP contribution < -0.4 is 0 Å². The number of rotatable bonds is 6. The minimum absolute atomic E-state index is 0.00745. The third-order valence-corrected chi connectivity index (χ3v) is 3.69. The first-order valence-electron chi connectivity index (χ1n) is 7.55. The van der Waals surface area contributed by atoms with Crippen LogP contribution in [0.3, 0.4) is 0 Å². The minimum atomic E-state index is 0.00745. The van der Waals surface area contributed by atoms with Gasteiger partial charge in [-0.15, -0.1) is 0 Å². The Morgan fingerprint density at radius 3 is 2.42 bits per heavy atom. The zero-order valence-corrected chi connectivity index (χ0v) is 12.7. The first kappa shape index (κ1) is 16.0. The summed E-state index contributed by atoms with van der Waals surface area (Å²) >= 11 is 0. The lowest BCUT2D eigenvalue weighted by atomic mass is 9.89. The monoisotopic (exact) mass is 264 g/mol. The van der Waals surface area contributed by atoms with E-state index in [1.54, 1.807) is 0 Å². The lowest BCUT2D eigenvalue weighted by molar-refractivity contribution is -0.148. The van der Waals surface area contributed by atoms with Crippen LogP contribution >= 0.6 is 0 Å². The molecule has 1 fully saturated rings. The molecule has 0 bridgehead atoms. The second-order valence-corrected chi connectivity index (χ2v) is 5.84. The molecule has 0 unspecified atom stereocenters. The lowest BCUT2D eigenvalue weighted by Gasteiger charge is -2.19. The van der Waals surface area contributed by atoms with Gasteiger partial charge in [-0.25, -0.2) is 0 Å². The molecule has 108 valence electrons. The fourth-order valence-corrected chi connectivity index (χ4v) is 2.41. The van der Waals surface area contributed by atoms with Gasteiger partial charge in [-0.3, -0.25) is 4.79 Å². The summed E-state index contributed by atoms with van der Waals surface area (Å²) in [6.45, 7) is 6.78. The summed E-state index contributed by atoms with van der Waals surface area (Å²) < 4.78 is 5.35. The van der Waals surface area contributed by atoms with Crippen molar-refractivity contribution in [2.24, 2.45) is 5.92 Å². The molecule has 19 heavy (non-hydrogen) atoms. The maximum Gasteiger partial charge on any atom is 0.309 e. The van der Waals surface area contributed by atoms with Gasteiger partial charge in [0.2, 0.25) is 0 Å². The molecule has 2 nitrogen and oxygen atoms in total. The first-order valence-corrected chi connectivity index (χ1v) is 7.55. The van der Waals surface area contributed by atoms with Crippen LogP contribution in [0.5, 0.6) is 0 Å². The van der Waals surface area contributed by atoms with Crippen LogP contribution in [0, 0.1) is 5.92 Å². The highest BCUT2D eigenvalue weighted by molar-refractivity contribution is 5.72. The van der Waals surface area contributed by atoms with E-state index < -0.39 is 0 Å². The predicted octanol–water partition coefficient (Wildman–Crippen LogP) is 4.80. The van der Waals surface area contributed by atoms with E-state index in [1.807, 2.05) is 6.08 Å². The lowest BCUT2D eigenvalue weighted by Crippen LogP contribution is -2.20. The summed E-state index contributed by atoms with van der Waals surface area (Å²) in [4.78, 5) is 11.8. The van der Waals surface area contributed by atoms with E-state index in [0.717, 1.165) is 25.7 Å². The van der Waals surface area contributed by atoms with Gasteiger partial charge < -0.3 is 4.74 Å². The van der Waals surface area contributed by atoms with Crippen LogP contribution in [0.15, 0.2) is 23.3 Å². The fraction of sp³-hybridized carbons (Fsp3) is 0.706. The maximum absolute atomic E-state index is 11.8. The maximum atomic E-state index is 11.8. The van der Waals surface area contributed by atoms with Crippen molar-refractivity contribution in [3.8, 4) is 0 Å². The molecule has 2 heteroatoms. The molecule has 0 radical (unpaired) electrons. The molecule has 0 saturated heterocycles. The number of allylic oxidation sites excluding steroid dienone is 3. The van der Waals surface area contributed by atoms with Gasteiger partial charge in [0.1, 0.15) is 6.61 Å². The van der Waals surface area contributed by atoms with Gasteiger partial charge in [0.15, 0.2) is 0 Å². The van der Waals surface area contributed by atoms with Crippen molar-refractivity contribution in [1.82, 2.24) is 0 Å². The van der Waals surface area contributed by atoms with Crippen molar-refractivity contribution in [2.45, 2.75) is 65.7 Å². The van der Waals surface area contributed by atoms with E-state index in [-0.39, 0.29) is 11.9 Å². The molecular weight excluding hydrogens is 236 g/mol. The van der Waals surface area contributed by atoms with Crippen molar-refractivity contribution in [3.05, 3.63) is 23.3 Å². The van der Waals surface area contributed by atoms with E-state index in [1.165, 1.54) is 30.4 Å². The Kier molecular flexibility index (Phi) is 7.54. The summed E-state index contributed by atoms with van der Waals surface area (Å²) in [7, 11) is 0. The van der Waals surface area contributed by atoms with Crippen LogP contribution in [-0.2, 0) is 9.53 Å². The average Bonchev–Trinajstić information content (AvgIpc) is 2.39. The van der Waals surface area contributed by atoms with Gasteiger partial charge in [-0.2, -0.15) is 0 Å². The third-order valence-electron chi connectivity index (χ3n) is 3.69. The highest BCUT2D eigenvalue weighted by Crippen LogP contribution is 2.24. The quantitative estimate of drug-likeness (QED) is 0.508. The SMILES string of the molecule is CC(C)=CCC/C(C)=C\COC(=O)C1CCCCC1. The number of hydrogen-bond donors (Lipinski definition) is 0. The number of carbonyl (C=O) groups excluding carboxylic acids is 1. The predicted molar refractivity (Wildman–Crippen MR) is 80.0 cm³/mol. The summed E-state index contributed by atoms with van der Waals surface area (Å²) in [6.07, 6.45) is 12.1. The molecule has 0 N–H and O–H groups in total. The number of esters is 1. The molecule has 0 heterocycles. The van der Waals surface area contributed by atoms with E-state index >= 15 is 0 Å². The molecule has 0 aliphatic heterocycles. The molecule has 0 aromatic rings. The standard InChI is InChI=1S/C17H28O2/c1-14(2)8-7-9-15(3)12-13-19-17(18)16-10-5-4-6-11-16/h8,12,16H,4-7,9-11,13H2,1-3H3/b15-12-. The molecule has 1 saturated carbocycles. The summed E-state index contributed by atoms with van der Waals surface area (Å²) in [5.74, 6) is 0.168. The van der Waals surface area contributed by atoms with Crippen LogP contribution in [0.4, 0.5) is 0 Å². The summed E-state index contributed by atoms with van der Waals surface area (Å²) in [5, 5.41) is 0. The zero-order chi connectivity index (χ0) is 14.1. The number of carbonyl (C=O) groups is 1. The second-order valence-electron chi connectivity index (χ2n) is 5.84. The van der Waals surface area contributed by atoms with Gasteiger partial charge in [0, 0.05) is 0 Å². The first-order chi connectivity index (χ1) is 9.09. The Bertz CT molecular complexity index is 329. The van der Waals surface area contributed by atoms with Crippen LogP contribution in [-0.4, -0.2) is 12.6 Å². The number of hydrogen-bond acceptors (Lipinski definition) is 2. The van der Waals surface area contributed by atoms with Crippen LogP contribution in [0.1, 0.15) is 65.7 Å². The van der Waals surface area contributed by atoms with Gasteiger partial charge in [0.25, 0.3) is 0 Å². The van der Waals surface area contributed by atoms with Crippen molar-refractivity contribution >= 4 is 5.97 Å². The molecule has 0 atom stereocenters. The van der Waals surface area contributed by atoms with E-state index in [9.17, 15) is 4.79 Å². The molecule has 1 aliphatic carbocycles. The van der Waals surface area contributed by atoms with Crippen molar-refractivity contribution in [1.29, 1.82) is 0 Å². The molecule has 0 aromatic carbocycles. The molecule has 0 aromatic heterocycles.